The van der Waals surface area contributed by atoms with Crippen LogP contribution in [0.1, 0.15) is 0 Å². The highest BCUT2D eigenvalue weighted by Crippen LogP contribution is 2.29. The summed E-state index contributed by atoms with van der Waals surface area (Å²) in [5, 5.41) is 4.31. The number of quaternary nitrogens is 1. The van der Waals surface area contributed by atoms with E-state index < -0.39 is 0 Å². The number of halogens is 1. The van der Waals surface area contributed by atoms with Crippen molar-refractivity contribution in [1.29, 1.82) is 0 Å². The minimum atomic E-state index is -0.0492. The molecule has 0 spiro atoms. The number of nitrogens with one attached hydrogen (secondary N) is 1. The van der Waals surface area contributed by atoms with Crippen molar-refractivity contribution in [1.82, 2.24) is 0 Å². The van der Waals surface area contributed by atoms with E-state index in [1.54, 1.807) is 5.32 Å². The zero-order chi connectivity index (χ0) is 7.84. The monoisotopic (exact) mass is 213 g/mol. The van der Waals surface area contributed by atoms with Gasteiger partial charge in [0.1, 0.15) is 5.69 Å². The van der Waals surface area contributed by atoms with Crippen LogP contribution in [0.3, 0.4) is 0 Å². The maximum atomic E-state index is 10.9. The van der Waals surface area contributed by atoms with E-state index in [4.69, 9.17) is 0 Å². The van der Waals surface area contributed by atoms with Crippen LogP contribution >= 0.6 is 15.9 Å². The Morgan fingerprint density at radius 1 is 1.45 bits per heavy atom. The molecule has 1 aliphatic rings. The van der Waals surface area contributed by atoms with Crippen LogP contribution in [0.15, 0.2) is 22.7 Å². The van der Waals surface area contributed by atoms with Gasteiger partial charge in [-0.25, -0.2) is 10.1 Å². The minimum Gasteiger partial charge on any atom is -0.268 e. The minimum absolute atomic E-state index is 0.0492. The fraction of sp³-hybridized carbons (Fsp3) is 0. The summed E-state index contributed by atoms with van der Waals surface area (Å²) in [6.45, 7) is 0. The van der Waals surface area contributed by atoms with Crippen molar-refractivity contribution >= 4 is 33.3 Å². The Bertz CT molecular complexity index is 324. The lowest BCUT2D eigenvalue weighted by atomic mass is 10.3. The van der Waals surface area contributed by atoms with Gasteiger partial charge in [-0.15, -0.1) is 0 Å². The van der Waals surface area contributed by atoms with Crippen molar-refractivity contribution in [2.45, 2.75) is 0 Å². The Morgan fingerprint density at radius 3 is 3.00 bits per heavy atom. The lowest BCUT2D eigenvalue weighted by molar-refractivity contribution is -0.453. The first-order chi connectivity index (χ1) is 5.27. The molecule has 0 saturated heterocycles. The molecule has 4 heteroatoms. The Balaban J connectivity index is 2.57. The number of hydrogen-bond donors (Lipinski definition) is 2. The van der Waals surface area contributed by atoms with Crippen LogP contribution in [0.2, 0.25) is 0 Å². The number of urea groups is 1. The summed E-state index contributed by atoms with van der Waals surface area (Å²) < 4.78 is 0.928. The van der Waals surface area contributed by atoms with Crippen LogP contribution in [0.4, 0.5) is 16.2 Å². The fourth-order valence-electron chi connectivity index (χ4n) is 1.09. The van der Waals surface area contributed by atoms with E-state index in [1.807, 2.05) is 18.2 Å². The van der Waals surface area contributed by atoms with Gasteiger partial charge in [0.2, 0.25) is 0 Å². The molecule has 1 aliphatic heterocycles. The van der Waals surface area contributed by atoms with E-state index in [0.717, 1.165) is 15.8 Å². The predicted molar refractivity (Wildman–Crippen MR) is 44.7 cm³/mol. The van der Waals surface area contributed by atoms with E-state index >= 15 is 0 Å². The Hall–Kier alpha value is -0.870. The maximum Gasteiger partial charge on any atom is 0.423 e. The van der Waals surface area contributed by atoms with Crippen molar-refractivity contribution in [2.24, 2.45) is 0 Å². The molecule has 0 atom stereocenters. The van der Waals surface area contributed by atoms with Crippen molar-refractivity contribution in [3.63, 3.8) is 0 Å². The third kappa shape index (κ3) is 1.04. The highest BCUT2D eigenvalue weighted by molar-refractivity contribution is 9.10. The fourth-order valence-corrected chi connectivity index (χ4v) is 1.57. The van der Waals surface area contributed by atoms with Crippen LogP contribution in [0.5, 0.6) is 0 Å². The number of amides is 2. The summed E-state index contributed by atoms with van der Waals surface area (Å²) >= 11 is 3.34. The molecule has 1 heterocycles. The SMILES string of the molecule is O=C1Nc2c(Br)cccc2[NH2+]1. The van der Waals surface area contributed by atoms with E-state index in [9.17, 15) is 4.79 Å². The molecule has 0 aliphatic carbocycles. The molecule has 3 N–H and O–H groups in total. The lowest BCUT2D eigenvalue weighted by Crippen LogP contribution is -2.80. The van der Waals surface area contributed by atoms with Crippen LogP contribution in [-0.2, 0) is 0 Å². The average Bonchev–Trinajstić information content (AvgIpc) is 2.31. The van der Waals surface area contributed by atoms with E-state index in [-0.39, 0.29) is 6.03 Å². The molecule has 0 fully saturated rings. The van der Waals surface area contributed by atoms with Crippen molar-refractivity contribution in [3.8, 4) is 0 Å². The number of fused-ring (bicyclic) bond motifs is 1. The maximum absolute atomic E-state index is 10.9. The van der Waals surface area contributed by atoms with Gasteiger partial charge in [0.05, 0.1) is 0 Å². The molecule has 0 saturated carbocycles. The average molecular weight is 214 g/mol. The number of hydrogen-bond acceptors (Lipinski definition) is 1. The molecular weight excluding hydrogens is 208 g/mol. The second-order valence-electron chi connectivity index (χ2n) is 2.34. The number of para-hydroxylation sites is 1. The van der Waals surface area contributed by atoms with Gasteiger partial charge in [0, 0.05) is 10.5 Å². The number of rotatable bonds is 0. The number of primary amides is 1. The topological polar surface area (TPSA) is 45.7 Å². The molecular formula is C7H6BrN2O+. The molecule has 2 amide bonds. The molecule has 0 radical (unpaired) electrons. The Kier molecular flexibility index (Phi) is 1.44. The quantitative estimate of drug-likeness (QED) is 0.626. The zero-order valence-electron chi connectivity index (χ0n) is 5.60. The Labute approximate surface area is 71.9 Å². The molecule has 1 aromatic rings. The largest absolute Gasteiger partial charge is 0.423 e. The van der Waals surface area contributed by atoms with Gasteiger partial charge in [0.25, 0.3) is 0 Å². The first-order valence-corrected chi connectivity index (χ1v) is 4.01. The molecule has 11 heavy (non-hydrogen) atoms. The van der Waals surface area contributed by atoms with Gasteiger partial charge in [-0.05, 0) is 22.0 Å². The summed E-state index contributed by atoms with van der Waals surface area (Å²) in [5.74, 6) is 0. The normalized spacial score (nSPS) is 14.5. The zero-order valence-corrected chi connectivity index (χ0v) is 7.18. The van der Waals surface area contributed by atoms with Crippen molar-refractivity contribution in [2.75, 3.05) is 5.32 Å². The van der Waals surface area contributed by atoms with E-state index in [2.05, 4.69) is 21.2 Å². The first-order valence-electron chi connectivity index (χ1n) is 3.21. The van der Waals surface area contributed by atoms with Gasteiger partial charge in [-0.3, -0.25) is 5.32 Å². The summed E-state index contributed by atoms with van der Waals surface area (Å²) in [5.41, 5.74) is 1.82. The standard InChI is InChI=1S/C7H5BrN2O/c8-4-2-1-3-5-6(4)10-7(11)9-5/h1-3H,(H2,9,10,11)/p+1. The van der Waals surface area contributed by atoms with Crippen LogP contribution in [-0.4, -0.2) is 6.03 Å². The highest BCUT2D eigenvalue weighted by atomic mass is 79.9. The molecule has 1 aromatic carbocycles. The summed E-state index contributed by atoms with van der Waals surface area (Å²) in [7, 11) is 0. The number of benzene rings is 1. The number of carbonyl (C=O) groups excluding carboxylic acids is 1. The first kappa shape index (κ1) is 6.82. The number of anilines is 1. The van der Waals surface area contributed by atoms with Crippen LogP contribution in [0.25, 0.3) is 0 Å². The highest BCUT2D eigenvalue weighted by Gasteiger charge is 2.23. The molecule has 0 aromatic heterocycles. The summed E-state index contributed by atoms with van der Waals surface area (Å²) in [6.07, 6.45) is 0. The second kappa shape index (κ2) is 2.32. The lowest BCUT2D eigenvalue weighted by Gasteiger charge is -1.93. The smallest absolute Gasteiger partial charge is 0.268 e. The second-order valence-corrected chi connectivity index (χ2v) is 3.19. The Morgan fingerprint density at radius 2 is 2.27 bits per heavy atom. The summed E-state index contributed by atoms with van der Waals surface area (Å²) in [4.78, 5) is 10.9. The summed E-state index contributed by atoms with van der Waals surface area (Å²) in [6, 6.07) is 5.66. The molecule has 3 nitrogen and oxygen atoms in total. The third-order valence-electron chi connectivity index (χ3n) is 1.58. The third-order valence-corrected chi connectivity index (χ3v) is 2.24. The van der Waals surface area contributed by atoms with E-state index in [1.165, 1.54) is 0 Å². The molecule has 0 unspecified atom stereocenters. The predicted octanol–water partition coefficient (Wildman–Crippen LogP) is 1.19. The van der Waals surface area contributed by atoms with Gasteiger partial charge < -0.3 is 0 Å². The number of carbonyl (C=O) groups is 1. The van der Waals surface area contributed by atoms with Gasteiger partial charge in [-0.1, -0.05) is 6.07 Å². The number of nitrogens with two attached hydrogens (primary N) is 1. The van der Waals surface area contributed by atoms with E-state index in [0.29, 0.717) is 0 Å². The van der Waals surface area contributed by atoms with Crippen LogP contribution < -0.4 is 10.6 Å². The molecule has 2 rings (SSSR count). The van der Waals surface area contributed by atoms with Gasteiger partial charge in [-0.2, -0.15) is 0 Å². The molecule has 0 bridgehead atoms. The van der Waals surface area contributed by atoms with Crippen LogP contribution in [0, 0.1) is 0 Å². The van der Waals surface area contributed by atoms with Crippen molar-refractivity contribution < 1.29 is 10.1 Å². The molecule has 56 valence electrons. The van der Waals surface area contributed by atoms with Gasteiger partial charge >= 0.3 is 6.03 Å². The van der Waals surface area contributed by atoms with Crippen molar-refractivity contribution in [3.05, 3.63) is 22.7 Å². The van der Waals surface area contributed by atoms with Gasteiger partial charge in [0.15, 0.2) is 5.69 Å².